The lowest BCUT2D eigenvalue weighted by molar-refractivity contribution is 0.0550. The molecule has 1 aromatic rings. The number of Topliss-reactive ketones (excluding diaryl/α,β-unsaturated/α-hetero) is 1. The molecule has 0 aromatic heterocycles. The van der Waals surface area contributed by atoms with E-state index >= 15 is 0 Å². The summed E-state index contributed by atoms with van der Waals surface area (Å²) < 4.78 is 5.45. The van der Waals surface area contributed by atoms with E-state index in [2.05, 4.69) is 4.90 Å². The van der Waals surface area contributed by atoms with E-state index in [0.29, 0.717) is 23.6 Å². The molecule has 0 amide bonds. The van der Waals surface area contributed by atoms with E-state index in [9.17, 15) is 9.90 Å². The van der Waals surface area contributed by atoms with Crippen LogP contribution in [0, 0.1) is 0 Å². The van der Waals surface area contributed by atoms with Crippen LogP contribution in [0.25, 0.3) is 0 Å². The lowest BCUT2D eigenvalue weighted by atomic mass is 9.92. The van der Waals surface area contributed by atoms with Crippen LogP contribution in [0.1, 0.15) is 56.3 Å². The third-order valence-corrected chi connectivity index (χ3v) is 4.82. The van der Waals surface area contributed by atoms with Crippen LogP contribution in [-0.4, -0.2) is 47.6 Å². The van der Waals surface area contributed by atoms with Crippen molar-refractivity contribution in [1.82, 2.24) is 4.90 Å². The lowest BCUT2D eigenvalue weighted by Crippen LogP contribution is -2.49. The number of ether oxygens (including phenoxy) is 1. The molecule has 0 radical (unpaired) electrons. The highest BCUT2D eigenvalue weighted by atomic mass is 16.5. The Labute approximate surface area is 144 Å². The number of hydrogen-bond donors (Lipinski definition) is 2. The van der Waals surface area contributed by atoms with Crippen LogP contribution in [0.5, 0.6) is 5.75 Å². The quantitative estimate of drug-likeness (QED) is 0.565. The first kappa shape index (κ1) is 18.7. The molecule has 5 nitrogen and oxygen atoms in total. The lowest BCUT2D eigenvalue weighted by Gasteiger charge is -2.40. The Balaban J connectivity index is 2.19. The summed E-state index contributed by atoms with van der Waals surface area (Å²) in [5.74, 6) is 0.732. The van der Waals surface area contributed by atoms with E-state index in [0.717, 1.165) is 32.2 Å². The van der Waals surface area contributed by atoms with E-state index in [1.54, 1.807) is 18.2 Å². The average Bonchev–Trinajstić information content (AvgIpc) is 2.59. The van der Waals surface area contributed by atoms with Gasteiger partial charge in [0.15, 0.2) is 5.78 Å². The maximum absolute atomic E-state index is 13.0. The number of aliphatic hydroxyl groups is 1. The summed E-state index contributed by atoms with van der Waals surface area (Å²) >= 11 is 0. The number of nitrogen functional groups attached to an aromatic ring is 1. The maximum Gasteiger partial charge on any atom is 0.180 e. The van der Waals surface area contributed by atoms with Gasteiger partial charge in [-0.15, -0.1) is 0 Å². The van der Waals surface area contributed by atoms with Crippen LogP contribution in [0.3, 0.4) is 0 Å². The van der Waals surface area contributed by atoms with Crippen molar-refractivity contribution < 1.29 is 14.6 Å². The highest BCUT2D eigenvalue weighted by molar-refractivity contribution is 6.01. The zero-order chi connectivity index (χ0) is 17.5. The molecule has 0 bridgehead atoms. The van der Waals surface area contributed by atoms with Crippen molar-refractivity contribution in [1.29, 1.82) is 0 Å². The van der Waals surface area contributed by atoms with Gasteiger partial charge in [-0.1, -0.05) is 13.3 Å². The minimum Gasteiger partial charge on any atom is -0.492 e. The fourth-order valence-electron chi connectivity index (χ4n) is 3.64. The van der Waals surface area contributed by atoms with Gasteiger partial charge in [0.2, 0.25) is 0 Å². The van der Waals surface area contributed by atoms with E-state index in [1.807, 2.05) is 13.8 Å². The number of ketones is 1. The van der Waals surface area contributed by atoms with Crippen LogP contribution in [-0.2, 0) is 0 Å². The van der Waals surface area contributed by atoms with Crippen molar-refractivity contribution >= 4 is 11.5 Å². The summed E-state index contributed by atoms with van der Waals surface area (Å²) in [6.45, 7) is 5.59. The van der Waals surface area contributed by atoms with Crippen LogP contribution in [0.2, 0.25) is 0 Å². The summed E-state index contributed by atoms with van der Waals surface area (Å²) in [5.41, 5.74) is 7.15. The van der Waals surface area contributed by atoms with Gasteiger partial charge in [-0.25, -0.2) is 0 Å². The zero-order valence-electron chi connectivity index (χ0n) is 14.8. The van der Waals surface area contributed by atoms with Gasteiger partial charge in [-0.2, -0.15) is 0 Å². The molecule has 24 heavy (non-hydrogen) atoms. The molecule has 0 aliphatic carbocycles. The number of likely N-dealkylation sites (tertiary alicyclic amines) is 1. The largest absolute Gasteiger partial charge is 0.492 e. The molecular weight excluding hydrogens is 304 g/mol. The number of anilines is 1. The second-order valence-electron chi connectivity index (χ2n) is 6.37. The smallest absolute Gasteiger partial charge is 0.180 e. The van der Waals surface area contributed by atoms with Gasteiger partial charge in [0.25, 0.3) is 0 Å². The Bertz CT molecular complexity index is 545. The minimum atomic E-state index is -0.154. The van der Waals surface area contributed by atoms with Crippen molar-refractivity contribution in [2.45, 2.75) is 58.0 Å². The van der Waals surface area contributed by atoms with Crippen molar-refractivity contribution in [3.63, 3.8) is 0 Å². The van der Waals surface area contributed by atoms with Gasteiger partial charge < -0.3 is 15.6 Å². The first-order chi connectivity index (χ1) is 11.6. The third kappa shape index (κ3) is 4.28. The molecule has 1 aliphatic heterocycles. The normalized spacial score (nSPS) is 19.9. The first-order valence-corrected chi connectivity index (χ1v) is 9.05. The monoisotopic (exact) mass is 334 g/mol. The Morgan fingerprint density at radius 1 is 1.42 bits per heavy atom. The first-order valence-electron chi connectivity index (χ1n) is 9.05. The zero-order valence-corrected chi connectivity index (χ0v) is 14.8. The van der Waals surface area contributed by atoms with Crippen LogP contribution < -0.4 is 10.5 Å². The average molecular weight is 334 g/mol. The van der Waals surface area contributed by atoms with Gasteiger partial charge >= 0.3 is 0 Å². The number of carbonyl (C=O) groups is 1. The molecule has 3 N–H and O–H groups in total. The number of piperidine rings is 1. The summed E-state index contributed by atoms with van der Waals surface area (Å²) in [7, 11) is 0. The Morgan fingerprint density at radius 3 is 2.83 bits per heavy atom. The summed E-state index contributed by atoms with van der Waals surface area (Å²) in [4.78, 5) is 15.3. The van der Waals surface area contributed by atoms with Crippen molar-refractivity contribution in [2.24, 2.45) is 0 Å². The number of benzene rings is 1. The predicted molar refractivity (Wildman–Crippen MR) is 96.5 cm³/mol. The molecule has 1 aromatic carbocycles. The van der Waals surface area contributed by atoms with Crippen molar-refractivity contribution in [3.05, 3.63) is 23.8 Å². The number of hydrogen-bond acceptors (Lipinski definition) is 5. The molecule has 0 saturated carbocycles. The fourth-order valence-corrected chi connectivity index (χ4v) is 3.64. The minimum absolute atomic E-state index is 0.108. The highest BCUT2D eigenvalue weighted by Gasteiger charge is 2.32. The summed E-state index contributed by atoms with van der Waals surface area (Å²) in [6, 6.07) is 5.44. The Morgan fingerprint density at radius 2 is 2.21 bits per heavy atom. The molecule has 134 valence electrons. The molecule has 1 saturated heterocycles. The Kier molecular flexibility index (Phi) is 7.06. The summed E-state index contributed by atoms with van der Waals surface area (Å²) in [5, 5.41) is 9.32. The maximum atomic E-state index is 13.0. The number of nitrogens with two attached hydrogens (primary N) is 1. The van der Waals surface area contributed by atoms with Crippen LogP contribution in [0.4, 0.5) is 5.69 Å². The van der Waals surface area contributed by atoms with Gasteiger partial charge in [0.1, 0.15) is 5.75 Å². The molecule has 1 fully saturated rings. The van der Waals surface area contributed by atoms with Crippen LogP contribution in [0.15, 0.2) is 18.2 Å². The molecular formula is C19H30N2O3. The molecule has 1 heterocycles. The predicted octanol–water partition coefficient (Wildman–Crippen LogP) is 2.87. The second kappa shape index (κ2) is 9.04. The molecule has 2 rings (SSSR count). The topological polar surface area (TPSA) is 75.8 Å². The Hall–Kier alpha value is -1.59. The molecule has 0 spiro atoms. The molecule has 5 heteroatoms. The van der Waals surface area contributed by atoms with Gasteiger partial charge in [0.05, 0.1) is 18.3 Å². The van der Waals surface area contributed by atoms with E-state index in [-0.39, 0.29) is 24.5 Å². The van der Waals surface area contributed by atoms with Gasteiger partial charge in [-0.05, 0) is 57.4 Å². The van der Waals surface area contributed by atoms with E-state index < -0.39 is 0 Å². The summed E-state index contributed by atoms with van der Waals surface area (Å²) in [6.07, 6.45) is 4.82. The van der Waals surface area contributed by atoms with Crippen molar-refractivity contribution in [3.8, 4) is 5.75 Å². The fraction of sp³-hybridized carbons (Fsp3) is 0.632. The number of nitrogens with zero attached hydrogens (tertiary/aromatic N) is 1. The SMILES string of the molecule is CCOc1ccc(C(=O)C(CC)N2CCCCC2CCO)cc1N. The second-order valence-corrected chi connectivity index (χ2v) is 6.37. The molecule has 2 unspecified atom stereocenters. The van der Waals surface area contributed by atoms with Gasteiger partial charge in [0, 0.05) is 18.2 Å². The highest BCUT2D eigenvalue weighted by Crippen LogP contribution is 2.27. The number of carbonyl (C=O) groups excluding carboxylic acids is 1. The molecule has 2 atom stereocenters. The van der Waals surface area contributed by atoms with E-state index in [1.165, 1.54) is 6.42 Å². The number of aliphatic hydroxyl groups excluding tert-OH is 1. The van der Waals surface area contributed by atoms with E-state index in [4.69, 9.17) is 10.5 Å². The number of rotatable bonds is 8. The van der Waals surface area contributed by atoms with Gasteiger partial charge in [-0.3, -0.25) is 9.69 Å². The third-order valence-electron chi connectivity index (χ3n) is 4.82. The molecule has 1 aliphatic rings. The van der Waals surface area contributed by atoms with Crippen molar-refractivity contribution in [2.75, 3.05) is 25.5 Å². The standard InChI is InChI=1S/C19H30N2O3/c1-3-17(21-11-6-5-7-15(21)10-12-22)19(23)14-8-9-18(24-4-2)16(20)13-14/h8-9,13,15,17,22H,3-7,10-12,20H2,1-2H3. The van der Waals surface area contributed by atoms with Crippen LogP contribution >= 0.6 is 0 Å².